The van der Waals surface area contributed by atoms with Crippen molar-refractivity contribution in [3.8, 4) is 16.8 Å². The molecule has 4 heteroatoms. The Labute approximate surface area is 332 Å². The van der Waals surface area contributed by atoms with Gasteiger partial charge < -0.3 is 14.4 Å². The number of anilines is 4. The number of para-hydroxylation sites is 3. The monoisotopic (exact) mass is 730 g/mol. The molecule has 270 valence electrons. The zero-order valence-electron chi connectivity index (χ0n) is 31.3. The van der Waals surface area contributed by atoms with Crippen molar-refractivity contribution in [3.63, 3.8) is 0 Å². The van der Waals surface area contributed by atoms with Crippen molar-refractivity contribution in [2.75, 3.05) is 9.80 Å². The molecule has 2 aliphatic rings. The van der Waals surface area contributed by atoms with Gasteiger partial charge in [0, 0.05) is 44.8 Å². The normalized spacial score (nSPS) is 14.9. The molecule has 2 heterocycles. The summed E-state index contributed by atoms with van der Waals surface area (Å²) >= 11 is 0. The van der Waals surface area contributed by atoms with Crippen LogP contribution in [0.3, 0.4) is 0 Å². The fourth-order valence-electron chi connectivity index (χ4n) is 8.71. The largest absolute Gasteiger partial charge is 0.316 e. The molecule has 0 bridgehead atoms. The van der Waals surface area contributed by atoms with Crippen LogP contribution in [0.2, 0.25) is 0 Å². The van der Waals surface area contributed by atoms with Crippen molar-refractivity contribution in [1.82, 2.24) is 4.57 Å². The third-order valence-electron chi connectivity index (χ3n) is 11.4. The number of aromatic nitrogens is 1. The lowest BCUT2D eigenvalue weighted by Gasteiger charge is -2.29. The lowest BCUT2D eigenvalue weighted by atomic mass is 10.0. The van der Waals surface area contributed by atoms with Crippen molar-refractivity contribution in [1.29, 1.82) is 0 Å². The van der Waals surface area contributed by atoms with Crippen molar-refractivity contribution >= 4 is 61.2 Å². The minimum atomic E-state index is 0.189. The minimum absolute atomic E-state index is 0.189. The first-order valence-corrected chi connectivity index (χ1v) is 19.6. The number of hydrogen-bond acceptors (Lipinski definition) is 3. The zero-order chi connectivity index (χ0) is 37.7. The first-order valence-electron chi connectivity index (χ1n) is 19.6. The number of aliphatic imine (C=N–C) groups is 1. The van der Waals surface area contributed by atoms with E-state index in [2.05, 4.69) is 227 Å². The predicted octanol–water partition coefficient (Wildman–Crippen LogP) is 13.6. The molecular weight excluding hydrogens is 693 g/mol. The van der Waals surface area contributed by atoms with E-state index in [0.29, 0.717) is 0 Å². The molecule has 0 spiro atoms. The topological polar surface area (TPSA) is 23.8 Å². The molecule has 4 nitrogen and oxygen atoms in total. The van der Waals surface area contributed by atoms with Crippen LogP contribution >= 0.6 is 0 Å². The average Bonchev–Trinajstić information content (AvgIpc) is 3.84. The van der Waals surface area contributed by atoms with E-state index in [1.165, 1.54) is 43.7 Å². The summed E-state index contributed by atoms with van der Waals surface area (Å²) in [6, 6.07) is 70.3. The summed E-state index contributed by atoms with van der Waals surface area (Å²) in [5.74, 6) is 0.981. The van der Waals surface area contributed by atoms with Crippen LogP contribution in [0.15, 0.2) is 223 Å². The van der Waals surface area contributed by atoms with Crippen molar-refractivity contribution < 1.29 is 0 Å². The predicted molar refractivity (Wildman–Crippen MR) is 239 cm³/mol. The second-order valence-corrected chi connectivity index (χ2v) is 14.8. The van der Waals surface area contributed by atoms with Crippen LogP contribution in [0.5, 0.6) is 0 Å². The summed E-state index contributed by atoms with van der Waals surface area (Å²) in [4.78, 5) is 9.98. The summed E-state index contributed by atoms with van der Waals surface area (Å²) in [6.07, 6.45) is 7.45. The highest BCUT2D eigenvalue weighted by atomic mass is 15.3. The Hall–Kier alpha value is -7.43. The van der Waals surface area contributed by atoms with E-state index in [4.69, 9.17) is 4.99 Å². The molecule has 9 aromatic rings. The van der Waals surface area contributed by atoms with E-state index >= 15 is 0 Å². The summed E-state index contributed by atoms with van der Waals surface area (Å²) in [5.41, 5.74) is 12.5. The molecule has 1 aliphatic heterocycles. The number of allylic oxidation sites excluding steroid dienone is 2. The van der Waals surface area contributed by atoms with Gasteiger partial charge in [-0.15, -0.1) is 0 Å². The quantitative estimate of drug-likeness (QED) is 0.163. The summed E-state index contributed by atoms with van der Waals surface area (Å²) in [5, 5.41) is 4.93. The van der Waals surface area contributed by atoms with Gasteiger partial charge in [0.15, 0.2) is 0 Å². The van der Waals surface area contributed by atoms with Crippen LogP contribution in [0.1, 0.15) is 12.0 Å². The number of amidine groups is 1. The number of nitrogens with zero attached hydrogens (tertiary/aromatic N) is 4. The smallest absolute Gasteiger partial charge is 0.141 e. The Morgan fingerprint density at radius 2 is 1.09 bits per heavy atom. The molecule has 1 atom stereocenters. The van der Waals surface area contributed by atoms with Gasteiger partial charge in [-0.2, -0.15) is 0 Å². The first kappa shape index (κ1) is 33.0. The molecule has 1 aliphatic carbocycles. The summed E-state index contributed by atoms with van der Waals surface area (Å²) in [6.45, 7) is 0. The van der Waals surface area contributed by atoms with Crippen LogP contribution in [0, 0.1) is 0 Å². The van der Waals surface area contributed by atoms with E-state index in [1.807, 2.05) is 0 Å². The second kappa shape index (κ2) is 13.7. The van der Waals surface area contributed by atoms with E-state index in [0.717, 1.165) is 52.0 Å². The minimum Gasteiger partial charge on any atom is -0.316 e. The van der Waals surface area contributed by atoms with Gasteiger partial charge in [0.2, 0.25) is 0 Å². The van der Waals surface area contributed by atoms with Gasteiger partial charge in [-0.3, -0.25) is 0 Å². The van der Waals surface area contributed by atoms with Gasteiger partial charge >= 0.3 is 0 Å². The molecule has 0 saturated carbocycles. The van der Waals surface area contributed by atoms with Crippen molar-refractivity contribution in [2.45, 2.75) is 12.5 Å². The fourth-order valence-corrected chi connectivity index (χ4v) is 8.71. The molecule has 1 aromatic heterocycles. The maximum absolute atomic E-state index is 5.21. The Balaban J connectivity index is 1.03. The molecule has 0 radical (unpaired) electrons. The van der Waals surface area contributed by atoms with Crippen LogP contribution in [0.25, 0.3) is 49.4 Å². The third kappa shape index (κ3) is 5.73. The molecule has 0 saturated heterocycles. The molecule has 0 fully saturated rings. The van der Waals surface area contributed by atoms with E-state index in [-0.39, 0.29) is 6.04 Å². The molecule has 0 N–H and O–H groups in total. The van der Waals surface area contributed by atoms with Gasteiger partial charge in [-0.05, 0) is 125 Å². The Kier molecular flexibility index (Phi) is 7.92. The van der Waals surface area contributed by atoms with Crippen molar-refractivity contribution in [3.05, 3.63) is 224 Å². The number of hydrogen-bond donors (Lipinski definition) is 0. The van der Waals surface area contributed by atoms with Crippen molar-refractivity contribution in [2.24, 2.45) is 4.99 Å². The van der Waals surface area contributed by atoms with E-state index in [1.54, 1.807) is 0 Å². The second-order valence-electron chi connectivity index (χ2n) is 14.8. The molecule has 8 aromatic carbocycles. The maximum Gasteiger partial charge on any atom is 0.141 e. The molecule has 1 unspecified atom stereocenters. The van der Waals surface area contributed by atoms with Gasteiger partial charge in [0.1, 0.15) is 5.84 Å². The Morgan fingerprint density at radius 1 is 0.474 bits per heavy atom. The summed E-state index contributed by atoms with van der Waals surface area (Å²) in [7, 11) is 0. The van der Waals surface area contributed by atoms with Crippen LogP contribution < -0.4 is 9.80 Å². The third-order valence-corrected chi connectivity index (χ3v) is 11.4. The lowest BCUT2D eigenvalue weighted by Crippen LogP contribution is -2.36. The highest BCUT2D eigenvalue weighted by Gasteiger charge is 2.34. The first-order chi connectivity index (χ1) is 28.3. The molecule has 0 amide bonds. The van der Waals surface area contributed by atoms with Gasteiger partial charge in [-0.1, -0.05) is 115 Å². The number of rotatable bonds is 7. The molecular formula is C53H38N4. The number of benzene rings is 8. The Morgan fingerprint density at radius 3 is 1.86 bits per heavy atom. The van der Waals surface area contributed by atoms with Crippen LogP contribution in [-0.2, 0) is 0 Å². The van der Waals surface area contributed by atoms with Gasteiger partial charge in [0.25, 0.3) is 0 Å². The van der Waals surface area contributed by atoms with E-state index < -0.39 is 0 Å². The zero-order valence-corrected chi connectivity index (χ0v) is 31.3. The molecule has 11 rings (SSSR count). The standard InChI is InChI=1S/C53H38N4/c1-3-15-42(16-4-1)56-50-21-11-9-19-47(50)48-36-46(33-34-51(48)56)55(44-29-25-38(26-30-44)41-24-23-37-13-7-8-14-40(37)35-41)45-31-27-39(28-32-45)53-54-49-20-10-12-22-52(49)57(53)43-17-5-2-6-18-43/h1-21,23-36,52H,22H2. The van der Waals surface area contributed by atoms with Gasteiger partial charge in [0.05, 0.1) is 22.8 Å². The lowest BCUT2D eigenvalue weighted by molar-refractivity contribution is 0.781. The van der Waals surface area contributed by atoms with Crippen LogP contribution in [-0.4, -0.2) is 16.4 Å². The maximum atomic E-state index is 5.21. The molecule has 57 heavy (non-hydrogen) atoms. The fraction of sp³-hybridized carbons (Fsp3) is 0.0377. The van der Waals surface area contributed by atoms with Crippen LogP contribution in [0.4, 0.5) is 22.7 Å². The van der Waals surface area contributed by atoms with Gasteiger partial charge in [-0.25, -0.2) is 4.99 Å². The highest BCUT2D eigenvalue weighted by molar-refractivity contribution is 6.13. The number of fused-ring (bicyclic) bond motifs is 5. The Bertz CT molecular complexity index is 3030. The average molecular weight is 731 g/mol. The summed E-state index contributed by atoms with van der Waals surface area (Å²) < 4.78 is 2.37. The SMILES string of the molecule is C1=CCC2C(=C1)N=C(c1ccc(N(c3ccc(-c4ccc5ccccc5c4)cc3)c3ccc4c(c3)c3ccccc3n4-c3ccccc3)cc1)N2c1ccccc1. The van der Waals surface area contributed by atoms with E-state index in [9.17, 15) is 0 Å². The highest BCUT2D eigenvalue weighted by Crippen LogP contribution is 2.41.